The summed E-state index contributed by atoms with van der Waals surface area (Å²) in [6.45, 7) is 7.41. The second-order valence-electron chi connectivity index (χ2n) is 5.44. The van der Waals surface area contributed by atoms with Crippen LogP contribution in [0, 0.1) is 0 Å². The van der Waals surface area contributed by atoms with Gasteiger partial charge in [0.2, 0.25) is 0 Å². The minimum Gasteiger partial charge on any atom is -0.491 e. The second-order valence-corrected chi connectivity index (χ2v) is 6.29. The van der Waals surface area contributed by atoms with Gasteiger partial charge in [-0.3, -0.25) is 4.90 Å². The Kier molecular flexibility index (Phi) is 6.96. The van der Waals surface area contributed by atoms with Crippen LogP contribution in [-0.2, 0) is 11.2 Å². The number of hydrogen-bond donors (Lipinski definition) is 1. The molecule has 4 nitrogen and oxygen atoms in total. The van der Waals surface area contributed by atoms with Crippen LogP contribution in [-0.4, -0.2) is 50.4 Å². The Hall–Kier alpha value is -0.620. The van der Waals surface area contributed by atoms with E-state index in [1.165, 1.54) is 5.56 Å². The Bertz CT molecular complexity index is 436. The van der Waals surface area contributed by atoms with E-state index in [-0.39, 0.29) is 6.04 Å². The van der Waals surface area contributed by atoms with E-state index >= 15 is 0 Å². The summed E-state index contributed by atoms with van der Waals surface area (Å²) in [4.78, 5) is 2.37. The normalized spacial score (nSPS) is 17.7. The minimum absolute atomic E-state index is 0.227. The topological polar surface area (TPSA) is 47.7 Å². The predicted molar refractivity (Wildman–Crippen MR) is 88.9 cm³/mol. The number of rotatable bonds is 7. The van der Waals surface area contributed by atoms with Crippen LogP contribution < -0.4 is 10.5 Å². The van der Waals surface area contributed by atoms with Crippen LogP contribution in [0.5, 0.6) is 5.75 Å². The quantitative estimate of drug-likeness (QED) is 0.814. The number of morpholine rings is 1. The van der Waals surface area contributed by atoms with Gasteiger partial charge in [0, 0.05) is 25.7 Å². The van der Waals surface area contributed by atoms with Crippen LogP contribution in [0.2, 0.25) is 0 Å². The first-order valence-electron chi connectivity index (χ1n) is 7.66. The fourth-order valence-corrected chi connectivity index (χ4v) is 2.89. The molecule has 1 fully saturated rings. The maximum absolute atomic E-state index is 5.99. The predicted octanol–water partition coefficient (Wildman–Crippen LogP) is 2.44. The Labute approximate surface area is 135 Å². The van der Waals surface area contributed by atoms with Crippen molar-refractivity contribution in [3.05, 3.63) is 28.2 Å². The van der Waals surface area contributed by atoms with Crippen LogP contribution in [0.4, 0.5) is 0 Å². The molecule has 1 saturated heterocycles. The highest BCUT2D eigenvalue weighted by Gasteiger charge is 2.11. The lowest BCUT2D eigenvalue weighted by atomic mass is 10.0. The molecule has 1 atom stereocenters. The van der Waals surface area contributed by atoms with Crippen molar-refractivity contribution in [1.29, 1.82) is 0 Å². The Morgan fingerprint density at radius 1 is 1.38 bits per heavy atom. The van der Waals surface area contributed by atoms with Crippen LogP contribution in [0.3, 0.4) is 0 Å². The molecule has 0 amide bonds. The van der Waals surface area contributed by atoms with Crippen LogP contribution >= 0.6 is 15.9 Å². The van der Waals surface area contributed by atoms with Crippen molar-refractivity contribution < 1.29 is 9.47 Å². The smallest absolute Gasteiger partial charge is 0.133 e. The van der Waals surface area contributed by atoms with Gasteiger partial charge in [0.05, 0.1) is 17.7 Å². The van der Waals surface area contributed by atoms with Gasteiger partial charge in [0.15, 0.2) is 0 Å². The summed E-state index contributed by atoms with van der Waals surface area (Å²) in [6.07, 6.45) is 1.90. The molecule has 21 heavy (non-hydrogen) atoms. The molecule has 0 aromatic heterocycles. The molecular formula is C16H25BrN2O2. The Balaban J connectivity index is 1.80. The molecule has 5 heteroatoms. The van der Waals surface area contributed by atoms with E-state index < -0.39 is 0 Å². The molecule has 1 aromatic carbocycles. The van der Waals surface area contributed by atoms with E-state index in [1.807, 2.05) is 6.07 Å². The molecular weight excluding hydrogens is 332 g/mol. The standard InChI is InChI=1S/C16H25BrN2O2/c1-2-14(18)11-13-3-4-16(15(17)12-13)21-10-7-19-5-8-20-9-6-19/h3-4,12,14H,2,5-11,18H2,1H3. The van der Waals surface area contributed by atoms with Gasteiger partial charge in [-0.25, -0.2) is 0 Å². The number of hydrogen-bond acceptors (Lipinski definition) is 4. The summed E-state index contributed by atoms with van der Waals surface area (Å²) in [6, 6.07) is 6.47. The Morgan fingerprint density at radius 2 is 2.14 bits per heavy atom. The van der Waals surface area contributed by atoms with Crippen LogP contribution in [0.15, 0.2) is 22.7 Å². The zero-order valence-electron chi connectivity index (χ0n) is 12.7. The molecule has 0 spiro atoms. The number of halogens is 1. The highest BCUT2D eigenvalue weighted by Crippen LogP contribution is 2.26. The van der Waals surface area contributed by atoms with Gasteiger partial charge in [-0.15, -0.1) is 0 Å². The van der Waals surface area contributed by atoms with Crippen molar-refractivity contribution in [1.82, 2.24) is 4.90 Å². The lowest BCUT2D eigenvalue weighted by Gasteiger charge is -2.26. The molecule has 1 heterocycles. The van der Waals surface area contributed by atoms with Gasteiger partial charge in [-0.2, -0.15) is 0 Å². The zero-order chi connectivity index (χ0) is 15.1. The first kappa shape index (κ1) is 16.7. The summed E-state index contributed by atoms with van der Waals surface area (Å²) in [5.41, 5.74) is 7.24. The molecule has 2 N–H and O–H groups in total. The average molecular weight is 357 g/mol. The first-order valence-corrected chi connectivity index (χ1v) is 8.45. The third-order valence-electron chi connectivity index (χ3n) is 3.79. The molecule has 118 valence electrons. The molecule has 1 aliphatic heterocycles. The highest BCUT2D eigenvalue weighted by atomic mass is 79.9. The van der Waals surface area contributed by atoms with Gasteiger partial charge in [-0.05, 0) is 46.5 Å². The fraction of sp³-hybridized carbons (Fsp3) is 0.625. The molecule has 0 saturated carbocycles. The zero-order valence-corrected chi connectivity index (χ0v) is 14.3. The van der Waals surface area contributed by atoms with Crippen molar-refractivity contribution in [3.8, 4) is 5.75 Å². The van der Waals surface area contributed by atoms with E-state index in [0.717, 1.165) is 55.9 Å². The van der Waals surface area contributed by atoms with Gasteiger partial charge in [-0.1, -0.05) is 13.0 Å². The fourth-order valence-electron chi connectivity index (χ4n) is 2.34. The number of benzene rings is 1. The van der Waals surface area contributed by atoms with Crippen LogP contribution in [0.1, 0.15) is 18.9 Å². The van der Waals surface area contributed by atoms with E-state index in [1.54, 1.807) is 0 Å². The molecule has 0 bridgehead atoms. The maximum atomic E-state index is 5.99. The van der Waals surface area contributed by atoms with Crippen molar-refractivity contribution in [2.75, 3.05) is 39.5 Å². The molecule has 1 unspecified atom stereocenters. The summed E-state index contributed by atoms with van der Waals surface area (Å²) in [7, 11) is 0. The lowest BCUT2D eigenvalue weighted by Crippen LogP contribution is -2.38. The monoisotopic (exact) mass is 356 g/mol. The van der Waals surface area contributed by atoms with Crippen molar-refractivity contribution >= 4 is 15.9 Å². The number of nitrogens with zero attached hydrogens (tertiary/aromatic N) is 1. The lowest BCUT2D eigenvalue weighted by molar-refractivity contribution is 0.0322. The van der Waals surface area contributed by atoms with E-state index in [2.05, 4.69) is 39.9 Å². The maximum Gasteiger partial charge on any atom is 0.133 e. The molecule has 0 aliphatic carbocycles. The Morgan fingerprint density at radius 3 is 2.81 bits per heavy atom. The number of ether oxygens (including phenoxy) is 2. The van der Waals surface area contributed by atoms with Crippen molar-refractivity contribution in [3.63, 3.8) is 0 Å². The van der Waals surface area contributed by atoms with Crippen molar-refractivity contribution in [2.45, 2.75) is 25.8 Å². The van der Waals surface area contributed by atoms with Crippen LogP contribution in [0.25, 0.3) is 0 Å². The average Bonchev–Trinajstić information content (AvgIpc) is 2.50. The largest absolute Gasteiger partial charge is 0.491 e. The van der Waals surface area contributed by atoms with Crippen molar-refractivity contribution in [2.24, 2.45) is 5.73 Å². The molecule has 1 aliphatic rings. The van der Waals surface area contributed by atoms with Gasteiger partial charge in [0.1, 0.15) is 12.4 Å². The molecule has 2 rings (SSSR count). The van der Waals surface area contributed by atoms with Gasteiger partial charge >= 0.3 is 0 Å². The molecule has 1 aromatic rings. The van der Waals surface area contributed by atoms with E-state index in [0.29, 0.717) is 6.61 Å². The third kappa shape index (κ3) is 5.58. The van der Waals surface area contributed by atoms with Gasteiger partial charge in [0.25, 0.3) is 0 Å². The summed E-state index contributed by atoms with van der Waals surface area (Å²) >= 11 is 3.59. The summed E-state index contributed by atoms with van der Waals surface area (Å²) in [5, 5.41) is 0. The van der Waals surface area contributed by atoms with E-state index in [4.69, 9.17) is 15.2 Å². The van der Waals surface area contributed by atoms with Gasteiger partial charge < -0.3 is 15.2 Å². The molecule has 0 radical (unpaired) electrons. The third-order valence-corrected chi connectivity index (χ3v) is 4.41. The highest BCUT2D eigenvalue weighted by molar-refractivity contribution is 9.10. The summed E-state index contributed by atoms with van der Waals surface area (Å²) in [5.74, 6) is 0.900. The van der Waals surface area contributed by atoms with E-state index in [9.17, 15) is 0 Å². The number of nitrogens with two attached hydrogens (primary N) is 1. The first-order chi connectivity index (χ1) is 10.2. The minimum atomic E-state index is 0.227. The SMILES string of the molecule is CCC(N)Cc1ccc(OCCN2CCOCC2)c(Br)c1. The second kappa shape index (κ2) is 8.73. The summed E-state index contributed by atoms with van der Waals surface area (Å²) < 4.78 is 12.2.